The van der Waals surface area contributed by atoms with Gasteiger partial charge in [-0.15, -0.1) is 0 Å². The molecular weight excluding hydrogens is 390 g/mol. The lowest BCUT2D eigenvalue weighted by Gasteiger charge is -2.17. The third-order valence-electron chi connectivity index (χ3n) is 3.76. The van der Waals surface area contributed by atoms with Crippen LogP contribution in [0.15, 0.2) is 60.7 Å². The Balaban J connectivity index is 2.08. The molecular formula is C23H26ClNO4. The molecule has 2 aromatic rings. The number of nitrogens with one attached hydrogen (secondary N) is 1. The first-order chi connectivity index (χ1) is 13.7. The zero-order valence-corrected chi connectivity index (χ0v) is 17.8. The van der Waals surface area contributed by atoms with Gasteiger partial charge < -0.3 is 14.8 Å². The van der Waals surface area contributed by atoms with E-state index in [1.807, 2.05) is 26.8 Å². The Hall–Kier alpha value is -2.79. The van der Waals surface area contributed by atoms with E-state index in [2.05, 4.69) is 5.32 Å². The molecule has 1 amide bonds. The molecule has 154 valence electrons. The van der Waals surface area contributed by atoms with Crippen LogP contribution in [0, 0.1) is 5.41 Å². The number of esters is 1. The van der Waals surface area contributed by atoms with Crippen molar-refractivity contribution >= 4 is 23.5 Å². The van der Waals surface area contributed by atoms with Crippen LogP contribution < -0.4 is 10.1 Å². The molecule has 0 aliphatic heterocycles. The lowest BCUT2D eigenvalue weighted by atomic mass is 9.95. The summed E-state index contributed by atoms with van der Waals surface area (Å²) in [6.45, 7) is 7.98. The van der Waals surface area contributed by atoms with Gasteiger partial charge in [0, 0.05) is 10.6 Å². The molecule has 0 saturated heterocycles. The van der Waals surface area contributed by atoms with E-state index in [0.29, 0.717) is 22.1 Å². The predicted octanol–water partition coefficient (Wildman–Crippen LogP) is 5.40. The molecule has 5 nitrogen and oxygen atoms in total. The van der Waals surface area contributed by atoms with Gasteiger partial charge in [0.25, 0.3) is 5.91 Å². The Morgan fingerprint density at radius 2 is 1.79 bits per heavy atom. The maximum Gasteiger partial charge on any atom is 0.332 e. The summed E-state index contributed by atoms with van der Waals surface area (Å²) in [5.41, 5.74) is 0.274. The molecule has 1 unspecified atom stereocenters. The maximum atomic E-state index is 12.6. The number of benzene rings is 2. The van der Waals surface area contributed by atoms with Crippen molar-refractivity contribution in [1.29, 1.82) is 0 Å². The Kier molecular flexibility index (Phi) is 7.85. The van der Waals surface area contributed by atoms with Crippen LogP contribution in [-0.4, -0.2) is 24.5 Å². The smallest absolute Gasteiger partial charge is 0.332 e. The predicted molar refractivity (Wildman–Crippen MR) is 114 cm³/mol. The Morgan fingerprint density at radius 3 is 2.38 bits per heavy atom. The van der Waals surface area contributed by atoms with Crippen molar-refractivity contribution in [2.75, 3.05) is 6.61 Å². The summed E-state index contributed by atoms with van der Waals surface area (Å²) in [4.78, 5) is 24.8. The fourth-order valence-corrected chi connectivity index (χ4v) is 2.55. The number of hydrogen-bond donors (Lipinski definition) is 1. The number of rotatable bonds is 7. The zero-order chi connectivity index (χ0) is 21.4. The molecule has 0 heterocycles. The first-order valence-corrected chi connectivity index (χ1v) is 9.76. The standard InChI is InChI=1S/C23H26ClNO4/c1-5-28-22(27)20(13-14-23(2,3)4)25-21(26)16-9-11-18(12-10-16)29-19-8-6-7-17(24)15-19/h6-15,20H,5H2,1-4H3,(H,25,26)/b14-13+. The minimum absolute atomic E-state index is 0.130. The third-order valence-corrected chi connectivity index (χ3v) is 4.00. The summed E-state index contributed by atoms with van der Waals surface area (Å²) in [6, 6.07) is 12.8. The van der Waals surface area contributed by atoms with Gasteiger partial charge in [-0.2, -0.15) is 0 Å². The molecule has 0 fully saturated rings. The summed E-state index contributed by atoms with van der Waals surface area (Å²) in [7, 11) is 0. The molecule has 29 heavy (non-hydrogen) atoms. The van der Waals surface area contributed by atoms with Gasteiger partial charge in [-0.1, -0.05) is 50.6 Å². The van der Waals surface area contributed by atoms with Gasteiger partial charge in [0.15, 0.2) is 0 Å². The molecule has 0 bridgehead atoms. The van der Waals surface area contributed by atoms with Crippen LogP contribution in [-0.2, 0) is 9.53 Å². The van der Waals surface area contributed by atoms with E-state index in [9.17, 15) is 9.59 Å². The maximum absolute atomic E-state index is 12.6. The van der Waals surface area contributed by atoms with Crippen molar-refractivity contribution in [3.63, 3.8) is 0 Å². The number of hydrogen-bond acceptors (Lipinski definition) is 4. The van der Waals surface area contributed by atoms with Gasteiger partial charge in [0.05, 0.1) is 6.61 Å². The lowest BCUT2D eigenvalue weighted by Crippen LogP contribution is -2.40. The number of halogens is 1. The summed E-state index contributed by atoms with van der Waals surface area (Å²) in [5, 5.41) is 3.28. The minimum Gasteiger partial charge on any atom is -0.464 e. The van der Waals surface area contributed by atoms with Crippen molar-refractivity contribution in [2.45, 2.75) is 33.7 Å². The van der Waals surface area contributed by atoms with E-state index in [0.717, 1.165) is 0 Å². The molecule has 0 aliphatic rings. The highest BCUT2D eigenvalue weighted by Crippen LogP contribution is 2.24. The lowest BCUT2D eigenvalue weighted by molar-refractivity contribution is -0.144. The van der Waals surface area contributed by atoms with Gasteiger partial charge in [-0.05, 0) is 54.8 Å². The minimum atomic E-state index is -0.857. The summed E-state index contributed by atoms with van der Waals surface area (Å²) < 4.78 is 10.8. The van der Waals surface area contributed by atoms with Crippen molar-refractivity contribution in [2.24, 2.45) is 5.41 Å². The second-order valence-electron chi connectivity index (χ2n) is 7.51. The molecule has 0 spiro atoms. The van der Waals surface area contributed by atoms with Crippen LogP contribution in [0.4, 0.5) is 0 Å². The summed E-state index contributed by atoms with van der Waals surface area (Å²) in [5.74, 6) is 0.293. The number of carbonyl (C=O) groups excluding carboxylic acids is 2. The van der Waals surface area contributed by atoms with Crippen molar-refractivity contribution < 1.29 is 19.1 Å². The first-order valence-electron chi connectivity index (χ1n) is 9.38. The highest BCUT2D eigenvalue weighted by Gasteiger charge is 2.21. The third kappa shape index (κ3) is 7.62. The molecule has 2 rings (SSSR count). The Labute approximate surface area is 176 Å². The van der Waals surface area contributed by atoms with Crippen LogP contribution in [0.5, 0.6) is 11.5 Å². The van der Waals surface area contributed by atoms with Gasteiger partial charge in [0.2, 0.25) is 0 Å². The Bertz CT molecular complexity index is 869. The number of carbonyl (C=O) groups is 2. The van der Waals surface area contributed by atoms with Gasteiger partial charge >= 0.3 is 5.97 Å². The Morgan fingerprint density at radius 1 is 1.10 bits per heavy atom. The van der Waals surface area contributed by atoms with E-state index in [1.165, 1.54) is 0 Å². The van der Waals surface area contributed by atoms with Crippen LogP contribution in [0.1, 0.15) is 38.1 Å². The molecule has 0 aliphatic carbocycles. The zero-order valence-electron chi connectivity index (χ0n) is 17.1. The average Bonchev–Trinajstić information content (AvgIpc) is 2.65. The first kappa shape index (κ1) is 22.5. The fourth-order valence-electron chi connectivity index (χ4n) is 2.37. The van der Waals surface area contributed by atoms with Gasteiger partial charge in [-0.3, -0.25) is 4.79 Å². The largest absolute Gasteiger partial charge is 0.464 e. The van der Waals surface area contributed by atoms with Crippen LogP contribution in [0.2, 0.25) is 5.02 Å². The topological polar surface area (TPSA) is 64.6 Å². The molecule has 6 heteroatoms. The summed E-state index contributed by atoms with van der Waals surface area (Å²) >= 11 is 5.95. The van der Waals surface area contributed by atoms with Gasteiger partial charge in [0.1, 0.15) is 17.5 Å². The quantitative estimate of drug-likeness (QED) is 0.486. The number of ether oxygens (including phenoxy) is 2. The van der Waals surface area contributed by atoms with Crippen molar-refractivity contribution in [1.82, 2.24) is 5.32 Å². The van der Waals surface area contributed by atoms with E-state index in [-0.39, 0.29) is 17.9 Å². The summed E-state index contributed by atoms with van der Waals surface area (Å²) in [6.07, 6.45) is 3.53. The molecule has 1 N–H and O–H groups in total. The second-order valence-corrected chi connectivity index (χ2v) is 7.95. The molecule has 1 atom stereocenters. The SMILES string of the molecule is CCOC(=O)C(/C=C/C(C)(C)C)NC(=O)c1ccc(Oc2cccc(Cl)c2)cc1. The highest BCUT2D eigenvalue weighted by molar-refractivity contribution is 6.30. The average molecular weight is 416 g/mol. The van der Waals surface area contributed by atoms with Crippen molar-refractivity contribution in [3.05, 3.63) is 71.3 Å². The number of allylic oxidation sites excluding steroid dienone is 1. The molecule has 0 saturated carbocycles. The van der Waals surface area contributed by atoms with Crippen LogP contribution in [0.3, 0.4) is 0 Å². The molecule has 0 aromatic heterocycles. The second kappa shape index (κ2) is 10.1. The van der Waals surface area contributed by atoms with Crippen LogP contribution >= 0.6 is 11.6 Å². The van der Waals surface area contributed by atoms with Crippen molar-refractivity contribution in [3.8, 4) is 11.5 Å². The number of amides is 1. The van der Waals surface area contributed by atoms with Gasteiger partial charge in [-0.25, -0.2) is 4.79 Å². The van der Waals surface area contributed by atoms with Crippen LogP contribution in [0.25, 0.3) is 0 Å². The highest BCUT2D eigenvalue weighted by atomic mass is 35.5. The van der Waals surface area contributed by atoms with E-state index < -0.39 is 12.0 Å². The molecule has 2 aromatic carbocycles. The normalized spacial score (nSPS) is 12.4. The molecule has 0 radical (unpaired) electrons. The van der Waals surface area contributed by atoms with E-state index in [4.69, 9.17) is 21.1 Å². The van der Waals surface area contributed by atoms with E-state index >= 15 is 0 Å². The van der Waals surface area contributed by atoms with E-state index in [1.54, 1.807) is 61.5 Å². The monoisotopic (exact) mass is 415 g/mol. The fraction of sp³-hybridized carbons (Fsp3) is 0.304.